The van der Waals surface area contributed by atoms with E-state index in [1.165, 1.54) is 16.9 Å². The van der Waals surface area contributed by atoms with Crippen LogP contribution in [0.25, 0.3) is 10.7 Å². The highest BCUT2D eigenvalue weighted by Crippen LogP contribution is 2.32. The van der Waals surface area contributed by atoms with Gasteiger partial charge in [0, 0.05) is 30.6 Å². The van der Waals surface area contributed by atoms with E-state index < -0.39 is 0 Å². The lowest BCUT2D eigenvalue weighted by molar-refractivity contribution is -0.129. The molecule has 1 fully saturated rings. The minimum absolute atomic E-state index is 0. The summed E-state index contributed by atoms with van der Waals surface area (Å²) < 4.78 is 0. The second kappa shape index (κ2) is 10.7. The maximum atomic E-state index is 12.8. The minimum Gasteiger partial charge on any atom is -0.341 e. The number of rotatable bonds is 5. The van der Waals surface area contributed by atoms with Crippen LogP contribution in [0.15, 0.2) is 60.1 Å². The highest BCUT2D eigenvalue weighted by atomic mass is 35.5. The Labute approximate surface area is 187 Å². The van der Waals surface area contributed by atoms with Gasteiger partial charge in [-0.25, -0.2) is 4.98 Å². The number of carbonyl (C=O) groups is 1. The Morgan fingerprint density at radius 2 is 1.86 bits per heavy atom. The number of nitrogens with zero attached hydrogens (tertiary/aromatic N) is 3. The second-order valence-electron chi connectivity index (χ2n) is 6.85. The van der Waals surface area contributed by atoms with Crippen LogP contribution in [0.1, 0.15) is 17.2 Å². The average Bonchev–Trinajstić information content (AvgIpc) is 3.36. The third-order valence-electron chi connectivity index (χ3n) is 5.09. The zero-order chi connectivity index (χ0) is 18.6. The minimum atomic E-state index is 0. The molecule has 0 spiro atoms. The lowest BCUT2D eigenvalue weighted by atomic mass is 9.89. The molecule has 0 aliphatic carbocycles. The van der Waals surface area contributed by atoms with Gasteiger partial charge in [-0.1, -0.05) is 36.4 Å². The number of benzene rings is 1. The smallest absolute Gasteiger partial charge is 0.228 e. The molecule has 8 heteroatoms. The number of likely N-dealkylation sites (tertiary alicyclic amines) is 1. The molecule has 1 saturated heterocycles. The van der Waals surface area contributed by atoms with Crippen molar-refractivity contribution in [3.05, 3.63) is 71.4 Å². The molecule has 0 saturated carbocycles. The third-order valence-corrected chi connectivity index (χ3v) is 6.01. The van der Waals surface area contributed by atoms with Crippen LogP contribution in [0, 0.1) is 5.92 Å². The van der Waals surface area contributed by atoms with E-state index in [0.717, 1.165) is 22.9 Å². The summed E-state index contributed by atoms with van der Waals surface area (Å²) in [6.07, 6.45) is 2.07. The van der Waals surface area contributed by atoms with Crippen molar-refractivity contribution in [2.75, 3.05) is 19.6 Å². The molecule has 3 aromatic rings. The van der Waals surface area contributed by atoms with Crippen molar-refractivity contribution < 1.29 is 4.79 Å². The molecule has 5 nitrogen and oxygen atoms in total. The molecular weight excluding hydrogens is 427 g/mol. The number of thiazole rings is 1. The number of amides is 1. The van der Waals surface area contributed by atoms with Crippen LogP contribution in [0.4, 0.5) is 0 Å². The van der Waals surface area contributed by atoms with E-state index in [-0.39, 0.29) is 30.7 Å². The number of hydrogen-bond donors (Lipinski definition) is 1. The van der Waals surface area contributed by atoms with Gasteiger partial charge in [0.2, 0.25) is 5.91 Å². The molecule has 2 N–H and O–H groups in total. The summed E-state index contributed by atoms with van der Waals surface area (Å²) in [6.45, 7) is 2.03. The van der Waals surface area contributed by atoms with E-state index in [1.54, 1.807) is 6.20 Å². The van der Waals surface area contributed by atoms with Crippen LogP contribution < -0.4 is 5.73 Å². The van der Waals surface area contributed by atoms with Crippen molar-refractivity contribution in [1.82, 2.24) is 14.9 Å². The number of pyridine rings is 1. The van der Waals surface area contributed by atoms with E-state index in [2.05, 4.69) is 22.1 Å². The fourth-order valence-electron chi connectivity index (χ4n) is 3.65. The molecule has 29 heavy (non-hydrogen) atoms. The zero-order valence-electron chi connectivity index (χ0n) is 15.8. The van der Waals surface area contributed by atoms with E-state index >= 15 is 0 Å². The summed E-state index contributed by atoms with van der Waals surface area (Å²) in [4.78, 5) is 23.7. The van der Waals surface area contributed by atoms with Gasteiger partial charge in [0.15, 0.2) is 0 Å². The standard InChI is InChI=1S/C21H22N4OS.2ClH/c22-11-16-12-25(13-18(16)15-6-2-1-3-7-15)20(26)10-17-14-27-21(24-17)19-8-4-5-9-23-19;;/h1-9,14,16,18H,10-13,22H2;2*1H/t16-,18+;;/m1../s1. The Hall–Kier alpha value is -1.99. The number of nitrogens with two attached hydrogens (primary N) is 1. The normalized spacial score (nSPS) is 18.0. The van der Waals surface area contributed by atoms with Crippen LogP contribution in [0.2, 0.25) is 0 Å². The number of hydrogen-bond acceptors (Lipinski definition) is 5. The summed E-state index contributed by atoms with van der Waals surface area (Å²) in [5.74, 6) is 0.722. The maximum absolute atomic E-state index is 12.8. The first kappa shape index (κ1) is 23.3. The van der Waals surface area contributed by atoms with Gasteiger partial charge in [0.05, 0.1) is 17.8 Å². The van der Waals surface area contributed by atoms with Crippen LogP contribution in [0.3, 0.4) is 0 Å². The van der Waals surface area contributed by atoms with Gasteiger partial charge in [-0.15, -0.1) is 36.2 Å². The molecule has 2 atom stereocenters. The molecule has 4 rings (SSSR count). The van der Waals surface area contributed by atoms with Gasteiger partial charge in [0.1, 0.15) is 5.01 Å². The van der Waals surface area contributed by atoms with Gasteiger partial charge in [-0.3, -0.25) is 9.78 Å². The van der Waals surface area contributed by atoms with Crippen molar-refractivity contribution in [1.29, 1.82) is 0 Å². The second-order valence-corrected chi connectivity index (χ2v) is 7.71. The molecule has 0 bridgehead atoms. The Kier molecular flexibility index (Phi) is 8.59. The molecule has 3 heterocycles. The van der Waals surface area contributed by atoms with E-state index in [4.69, 9.17) is 5.73 Å². The SMILES string of the molecule is Cl.Cl.NC[C@@H]1CN(C(=O)Cc2csc(-c3ccccn3)n2)C[C@H]1c1ccccc1. The Morgan fingerprint density at radius 3 is 2.55 bits per heavy atom. The van der Waals surface area contributed by atoms with Crippen molar-refractivity contribution in [3.8, 4) is 10.7 Å². The van der Waals surface area contributed by atoms with E-state index in [0.29, 0.717) is 31.3 Å². The maximum Gasteiger partial charge on any atom is 0.228 e. The fourth-order valence-corrected chi connectivity index (χ4v) is 4.45. The molecule has 1 aromatic carbocycles. The highest BCUT2D eigenvalue weighted by molar-refractivity contribution is 7.13. The molecule has 2 aromatic heterocycles. The fraction of sp³-hybridized carbons (Fsp3) is 0.286. The quantitative estimate of drug-likeness (QED) is 0.641. The summed E-state index contributed by atoms with van der Waals surface area (Å²) in [5, 5.41) is 2.80. The largest absolute Gasteiger partial charge is 0.341 e. The Bertz CT molecular complexity index is 907. The topological polar surface area (TPSA) is 72.1 Å². The predicted octanol–water partition coefficient (Wildman–Crippen LogP) is 3.79. The first-order chi connectivity index (χ1) is 13.2. The van der Waals surface area contributed by atoms with E-state index in [9.17, 15) is 4.79 Å². The number of halogens is 2. The third kappa shape index (κ3) is 5.34. The zero-order valence-corrected chi connectivity index (χ0v) is 18.3. The molecule has 1 aliphatic heterocycles. The van der Waals surface area contributed by atoms with Crippen LogP contribution in [0.5, 0.6) is 0 Å². The summed E-state index contributed by atoms with van der Waals surface area (Å²) >= 11 is 1.53. The molecular formula is C21H24Cl2N4OS. The van der Waals surface area contributed by atoms with Gasteiger partial charge in [-0.05, 0) is 30.2 Å². The Balaban J connectivity index is 0.00000150. The van der Waals surface area contributed by atoms with Gasteiger partial charge >= 0.3 is 0 Å². The Morgan fingerprint density at radius 1 is 1.10 bits per heavy atom. The summed E-state index contributed by atoms with van der Waals surface area (Å²) in [5.41, 5.74) is 8.89. The lowest BCUT2D eigenvalue weighted by Crippen LogP contribution is -2.31. The van der Waals surface area contributed by atoms with Gasteiger partial charge < -0.3 is 10.6 Å². The highest BCUT2D eigenvalue weighted by Gasteiger charge is 2.35. The summed E-state index contributed by atoms with van der Waals surface area (Å²) in [6, 6.07) is 16.1. The average molecular weight is 451 g/mol. The lowest BCUT2D eigenvalue weighted by Gasteiger charge is -2.16. The number of carbonyl (C=O) groups excluding carboxylic acids is 1. The van der Waals surface area contributed by atoms with Crippen LogP contribution in [-0.2, 0) is 11.2 Å². The molecule has 1 aliphatic rings. The van der Waals surface area contributed by atoms with E-state index in [1.807, 2.05) is 46.7 Å². The first-order valence-electron chi connectivity index (χ1n) is 9.13. The summed E-state index contributed by atoms with van der Waals surface area (Å²) in [7, 11) is 0. The molecule has 1 amide bonds. The van der Waals surface area contributed by atoms with Crippen molar-refractivity contribution in [3.63, 3.8) is 0 Å². The molecule has 0 radical (unpaired) electrons. The van der Waals surface area contributed by atoms with Crippen LogP contribution in [-0.4, -0.2) is 40.4 Å². The molecule has 154 valence electrons. The van der Waals surface area contributed by atoms with Crippen molar-refractivity contribution in [2.24, 2.45) is 11.7 Å². The van der Waals surface area contributed by atoms with Crippen molar-refractivity contribution >= 4 is 42.1 Å². The predicted molar refractivity (Wildman–Crippen MR) is 122 cm³/mol. The number of aromatic nitrogens is 2. The van der Waals surface area contributed by atoms with Gasteiger partial charge in [0.25, 0.3) is 0 Å². The molecule has 0 unspecified atom stereocenters. The van der Waals surface area contributed by atoms with Gasteiger partial charge in [-0.2, -0.15) is 0 Å². The monoisotopic (exact) mass is 450 g/mol. The van der Waals surface area contributed by atoms with Crippen LogP contribution >= 0.6 is 36.2 Å². The van der Waals surface area contributed by atoms with Crippen molar-refractivity contribution in [2.45, 2.75) is 12.3 Å². The first-order valence-corrected chi connectivity index (χ1v) is 10.0.